The topological polar surface area (TPSA) is 128 Å². The van der Waals surface area contributed by atoms with Crippen LogP contribution < -0.4 is 13.7 Å². The third-order valence-electron chi connectivity index (χ3n) is 1.92. The number of rotatable bonds is 1. The normalized spacial score (nSPS) is 7.96. The number of nitrogens with zero attached hydrogens (tertiary/aromatic N) is 7. The molecule has 0 bridgehead atoms. The van der Waals surface area contributed by atoms with Gasteiger partial charge in [-0.2, -0.15) is 0 Å². The fraction of sp³-hybridized carbons (Fsp3) is 0. The molecule has 4 aromatic rings. The molecular weight excluding hydrogens is 755 g/mol. The molecule has 27 heavy (non-hydrogen) atoms. The quantitative estimate of drug-likeness (QED) is 0.104. The number of para-hydroxylation sites is 1. The van der Waals surface area contributed by atoms with Crippen LogP contribution >= 0.6 is 68.3 Å². The summed E-state index contributed by atoms with van der Waals surface area (Å²) in [5.41, 5.74) is 1.25. The summed E-state index contributed by atoms with van der Waals surface area (Å²) in [6, 6.07) is 8.28. The number of nitrogens with one attached hydrogen (secondary N) is 3. The Labute approximate surface area is 213 Å². The number of aromatic amines is 3. The molecule has 0 amide bonds. The number of aromatic nitrogens is 9. The standard InChI is InChI=1S/C6H4I3N.3C2H2N3.ClH.Mn/c7-5-3-1-2-4-6(5)10(8)9;3*1-2-4-5-3-1;;/h1-4H;3*1H,(H,3,4,5);1H;/q;3*-1;;/p-1. The molecule has 0 fully saturated rings. The van der Waals surface area contributed by atoms with Crippen molar-refractivity contribution in [3.05, 3.63) is 65.0 Å². The van der Waals surface area contributed by atoms with Crippen molar-refractivity contribution in [2.24, 2.45) is 0 Å². The summed E-state index contributed by atoms with van der Waals surface area (Å²) in [5.74, 6) is 0. The van der Waals surface area contributed by atoms with Gasteiger partial charge in [0.1, 0.15) is 0 Å². The maximum atomic E-state index is 3.29. The first-order valence-electron chi connectivity index (χ1n) is 6.25. The van der Waals surface area contributed by atoms with Crippen LogP contribution in [0.2, 0.25) is 0 Å². The zero-order chi connectivity index (χ0) is 18.2. The molecule has 0 atom stereocenters. The first kappa shape index (κ1) is 28.6. The van der Waals surface area contributed by atoms with Crippen molar-refractivity contribution in [2.45, 2.75) is 0 Å². The van der Waals surface area contributed by atoms with Gasteiger partial charge in [-0.15, -0.1) is 34.2 Å². The number of H-pyrrole nitrogens is 3. The molecule has 10 nitrogen and oxygen atoms in total. The molecule has 4 rings (SSSR count). The van der Waals surface area contributed by atoms with Gasteiger partial charge in [0.05, 0.1) is 51.4 Å². The third kappa shape index (κ3) is 16.1. The summed E-state index contributed by atoms with van der Waals surface area (Å²) in [6.45, 7) is 0. The van der Waals surface area contributed by atoms with E-state index in [1.54, 1.807) is 0 Å². The van der Waals surface area contributed by atoms with E-state index in [2.05, 4.69) is 147 Å². The minimum atomic E-state index is 0. The van der Waals surface area contributed by atoms with Crippen LogP contribution in [0.5, 0.6) is 0 Å². The van der Waals surface area contributed by atoms with Gasteiger partial charge in [0.15, 0.2) is 0 Å². The second-order valence-electron chi connectivity index (χ2n) is 3.49. The fourth-order valence-corrected chi connectivity index (χ4v) is 3.41. The molecule has 0 saturated heterocycles. The minimum absolute atomic E-state index is 0. The average molecular weight is 765 g/mol. The Hall–Kier alpha value is -0.561. The molecule has 0 aliphatic rings. The van der Waals surface area contributed by atoms with Crippen LogP contribution in [0, 0.1) is 22.2 Å². The van der Waals surface area contributed by atoms with Crippen LogP contribution in [0.15, 0.2) is 42.9 Å². The van der Waals surface area contributed by atoms with Gasteiger partial charge in [-0.25, -0.2) is 0 Å². The van der Waals surface area contributed by atoms with Crippen LogP contribution in [-0.2, 0) is 17.1 Å². The zero-order valence-corrected chi connectivity index (χ0v) is 21.5. The summed E-state index contributed by atoms with van der Waals surface area (Å²) in [4.78, 5) is 0. The smallest absolute Gasteiger partial charge is 0.0697 e. The summed E-state index contributed by atoms with van der Waals surface area (Å²) in [6.07, 6.45) is 11.9. The van der Waals surface area contributed by atoms with Crippen molar-refractivity contribution in [3.63, 3.8) is 0 Å². The van der Waals surface area contributed by atoms with Crippen molar-refractivity contribution < 1.29 is 29.5 Å². The van der Waals surface area contributed by atoms with Crippen LogP contribution in [0.4, 0.5) is 5.69 Å². The molecule has 3 aromatic heterocycles. The van der Waals surface area contributed by atoms with E-state index < -0.39 is 0 Å². The molecular formula is C12H10ClI3MnN10-4. The molecule has 0 aliphatic heterocycles. The van der Waals surface area contributed by atoms with Crippen molar-refractivity contribution in [2.75, 3.05) is 1.33 Å². The van der Waals surface area contributed by atoms with E-state index in [-0.39, 0.29) is 29.5 Å². The number of benzene rings is 1. The summed E-state index contributed by atoms with van der Waals surface area (Å²) < 4.78 is 3.33. The molecule has 147 valence electrons. The molecule has 15 heteroatoms. The van der Waals surface area contributed by atoms with E-state index in [9.17, 15) is 0 Å². The number of hydrogen-bond acceptors (Lipinski definition) is 7. The van der Waals surface area contributed by atoms with Crippen molar-refractivity contribution in [1.82, 2.24) is 46.2 Å². The van der Waals surface area contributed by atoms with E-state index in [1.165, 1.54) is 27.8 Å². The van der Waals surface area contributed by atoms with Gasteiger partial charge < -0.3 is 61.6 Å². The molecule has 1 aromatic carbocycles. The first-order chi connectivity index (χ1) is 12.2. The zero-order valence-electron chi connectivity index (χ0n) is 13.1. The Morgan fingerprint density at radius 1 is 0.778 bits per heavy atom. The Kier molecular flexibility index (Phi) is 21.4. The Bertz CT molecular complexity index is 614. The Morgan fingerprint density at radius 2 is 1.19 bits per heavy atom. The van der Waals surface area contributed by atoms with E-state index in [4.69, 9.17) is 0 Å². The minimum Gasteiger partial charge on any atom is -1.00 e. The van der Waals surface area contributed by atoms with Gasteiger partial charge in [0, 0.05) is 20.6 Å². The average Bonchev–Trinajstić information content (AvgIpc) is 3.44. The third-order valence-corrected chi connectivity index (χ3v) is 3.87. The van der Waals surface area contributed by atoms with Crippen molar-refractivity contribution in [3.8, 4) is 0 Å². The predicted octanol–water partition coefficient (Wildman–Crippen LogP) is -0.386. The SMILES string of the molecule is Ic1ccccc1N(I)I.[Cl-].[Mn].[c-]1c[nH]nn1.[c-]1c[nH]nn1.[c-]1c[nH]nn1. The number of hydrogen-bond donors (Lipinski definition) is 3. The number of halogens is 4. The van der Waals surface area contributed by atoms with E-state index in [0.717, 1.165) is 0 Å². The van der Waals surface area contributed by atoms with Gasteiger partial charge in [0.25, 0.3) is 0 Å². The molecule has 0 spiro atoms. The summed E-state index contributed by atoms with van der Waals surface area (Å²) in [5, 5.41) is 27.1. The molecule has 1 radical (unpaired) electrons. The van der Waals surface area contributed by atoms with Gasteiger partial charge in [0.2, 0.25) is 0 Å². The second-order valence-corrected chi connectivity index (χ2v) is 8.43. The Morgan fingerprint density at radius 3 is 1.37 bits per heavy atom. The van der Waals surface area contributed by atoms with Crippen LogP contribution in [0.3, 0.4) is 0 Å². The van der Waals surface area contributed by atoms with Crippen molar-refractivity contribution >= 4 is 74.0 Å². The van der Waals surface area contributed by atoms with Crippen LogP contribution in [0.1, 0.15) is 0 Å². The maximum absolute atomic E-state index is 3.29. The van der Waals surface area contributed by atoms with Gasteiger partial charge in [-0.3, -0.25) is 1.33 Å². The van der Waals surface area contributed by atoms with Gasteiger partial charge in [-0.05, 0) is 34.7 Å². The first-order valence-corrected chi connectivity index (χ1v) is 9.26. The van der Waals surface area contributed by atoms with E-state index >= 15 is 0 Å². The maximum Gasteiger partial charge on any atom is 0.0697 e. The van der Waals surface area contributed by atoms with Crippen LogP contribution in [0.25, 0.3) is 0 Å². The van der Waals surface area contributed by atoms with Crippen LogP contribution in [-0.4, -0.2) is 46.2 Å². The fourth-order valence-electron chi connectivity index (χ4n) is 1.02. The van der Waals surface area contributed by atoms with Gasteiger partial charge >= 0.3 is 0 Å². The Balaban J connectivity index is 0. The summed E-state index contributed by atoms with van der Waals surface area (Å²) in [7, 11) is 0. The van der Waals surface area contributed by atoms with Crippen molar-refractivity contribution in [1.29, 1.82) is 0 Å². The van der Waals surface area contributed by atoms with E-state index in [1.807, 2.05) is 12.1 Å². The molecule has 3 heterocycles. The molecule has 3 N–H and O–H groups in total. The largest absolute Gasteiger partial charge is 1.00 e. The molecule has 0 saturated carbocycles. The number of anilines is 1. The van der Waals surface area contributed by atoms with E-state index in [0.29, 0.717) is 0 Å². The molecule has 0 unspecified atom stereocenters. The predicted molar refractivity (Wildman–Crippen MR) is 115 cm³/mol. The molecule has 0 aliphatic carbocycles. The van der Waals surface area contributed by atoms with Gasteiger partial charge in [-0.1, -0.05) is 12.1 Å². The monoisotopic (exact) mass is 765 g/mol. The second kappa shape index (κ2) is 20.2. The summed E-state index contributed by atoms with van der Waals surface area (Å²) >= 11 is 6.82.